The molecule has 1 aliphatic heterocycles. The van der Waals surface area contributed by atoms with Gasteiger partial charge >= 0.3 is 5.69 Å². The number of aromatic nitrogens is 2. The molecular formula is C18H20N6O3. The first-order valence-electron chi connectivity index (χ1n) is 8.36. The molecule has 27 heavy (non-hydrogen) atoms. The minimum atomic E-state index is -0.615. The number of carbonyl (C=O) groups excluding carboxylic acids is 1. The Kier molecular flexibility index (Phi) is 4.52. The van der Waals surface area contributed by atoms with Crippen LogP contribution in [0, 0.1) is 10.1 Å². The van der Waals surface area contributed by atoms with Crippen molar-refractivity contribution < 1.29 is 9.72 Å². The van der Waals surface area contributed by atoms with Crippen LogP contribution in [0.25, 0.3) is 0 Å². The lowest BCUT2D eigenvalue weighted by atomic mass is 9.86. The highest BCUT2D eigenvalue weighted by atomic mass is 16.6. The van der Waals surface area contributed by atoms with Crippen LogP contribution in [0.15, 0.2) is 36.2 Å². The van der Waals surface area contributed by atoms with Crippen LogP contribution in [0.3, 0.4) is 0 Å². The summed E-state index contributed by atoms with van der Waals surface area (Å²) in [6.45, 7) is 7.38. The Hall–Kier alpha value is -3.49. The molecule has 140 valence electrons. The SMILES string of the molecule is C/C=C(\C)Nc1ncc([N+](=O)[O-])c(Nc2ccc3c(c2)NC(=O)C3(C)C)n1. The average molecular weight is 368 g/mol. The van der Waals surface area contributed by atoms with E-state index in [9.17, 15) is 14.9 Å². The Balaban J connectivity index is 1.95. The van der Waals surface area contributed by atoms with Gasteiger partial charge in [0.25, 0.3) is 0 Å². The second-order valence-corrected chi connectivity index (χ2v) is 6.75. The van der Waals surface area contributed by atoms with Crippen molar-refractivity contribution in [3.63, 3.8) is 0 Å². The summed E-state index contributed by atoms with van der Waals surface area (Å²) in [6, 6.07) is 5.32. The summed E-state index contributed by atoms with van der Waals surface area (Å²) in [5.41, 5.74) is 2.08. The zero-order valence-corrected chi connectivity index (χ0v) is 15.5. The maximum Gasteiger partial charge on any atom is 0.329 e. The number of carbonyl (C=O) groups is 1. The molecule has 1 aliphatic rings. The van der Waals surface area contributed by atoms with E-state index in [-0.39, 0.29) is 23.4 Å². The molecule has 1 aromatic carbocycles. The van der Waals surface area contributed by atoms with Gasteiger partial charge in [-0.05, 0) is 45.4 Å². The fourth-order valence-electron chi connectivity index (χ4n) is 2.72. The molecule has 0 radical (unpaired) electrons. The quantitative estimate of drug-likeness (QED) is 0.543. The van der Waals surface area contributed by atoms with Gasteiger partial charge < -0.3 is 16.0 Å². The monoisotopic (exact) mass is 368 g/mol. The third-order valence-corrected chi connectivity index (χ3v) is 4.48. The number of rotatable bonds is 5. The van der Waals surface area contributed by atoms with E-state index in [1.165, 1.54) is 0 Å². The zero-order valence-electron chi connectivity index (χ0n) is 15.5. The van der Waals surface area contributed by atoms with Crippen molar-refractivity contribution in [2.24, 2.45) is 0 Å². The molecule has 0 saturated carbocycles. The summed E-state index contributed by atoms with van der Waals surface area (Å²) in [5.74, 6) is 0.218. The number of fused-ring (bicyclic) bond motifs is 1. The van der Waals surface area contributed by atoms with Gasteiger partial charge in [0.05, 0.1) is 10.3 Å². The van der Waals surface area contributed by atoms with Crippen molar-refractivity contribution >= 4 is 34.7 Å². The van der Waals surface area contributed by atoms with Crippen LogP contribution in [0.5, 0.6) is 0 Å². The molecule has 1 aromatic heterocycles. The van der Waals surface area contributed by atoms with Crippen molar-refractivity contribution in [1.82, 2.24) is 9.97 Å². The predicted octanol–water partition coefficient (Wildman–Crippen LogP) is 3.69. The van der Waals surface area contributed by atoms with Gasteiger partial charge in [-0.2, -0.15) is 4.98 Å². The highest BCUT2D eigenvalue weighted by Gasteiger charge is 2.38. The fraction of sp³-hybridized carbons (Fsp3) is 0.278. The number of benzene rings is 1. The molecule has 2 aromatic rings. The first-order chi connectivity index (χ1) is 12.7. The van der Waals surface area contributed by atoms with E-state index >= 15 is 0 Å². The smallest absolute Gasteiger partial charge is 0.329 e. The molecule has 0 aliphatic carbocycles. The Labute approximate surface area is 156 Å². The Morgan fingerprint density at radius 2 is 2.11 bits per heavy atom. The number of nitrogens with zero attached hydrogens (tertiary/aromatic N) is 3. The number of allylic oxidation sites excluding steroid dienone is 2. The van der Waals surface area contributed by atoms with Crippen LogP contribution < -0.4 is 16.0 Å². The molecule has 0 fully saturated rings. The van der Waals surface area contributed by atoms with Gasteiger partial charge in [0.2, 0.25) is 17.7 Å². The first-order valence-corrected chi connectivity index (χ1v) is 8.36. The summed E-state index contributed by atoms with van der Waals surface area (Å²) in [7, 11) is 0. The highest BCUT2D eigenvalue weighted by Crippen LogP contribution is 2.39. The predicted molar refractivity (Wildman–Crippen MR) is 103 cm³/mol. The lowest BCUT2D eigenvalue weighted by Gasteiger charge is -2.15. The van der Waals surface area contributed by atoms with Crippen molar-refractivity contribution in [3.8, 4) is 0 Å². The number of amides is 1. The lowest BCUT2D eigenvalue weighted by molar-refractivity contribution is -0.384. The minimum Gasteiger partial charge on any atom is -0.334 e. The largest absolute Gasteiger partial charge is 0.334 e. The number of hydrogen-bond donors (Lipinski definition) is 3. The number of nitrogens with one attached hydrogen (secondary N) is 3. The molecule has 0 bridgehead atoms. The number of nitro groups is 1. The molecule has 9 heteroatoms. The Bertz CT molecular complexity index is 968. The van der Waals surface area contributed by atoms with Gasteiger partial charge in [-0.15, -0.1) is 0 Å². The van der Waals surface area contributed by atoms with Crippen molar-refractivity contribution in [2.75, 3.05) is 16.0 Å². The van der Waals surface area contributed by atoms with Gasteiger partial charge in [-0.1, -0.05) is 12.1 Å². The van der Waals surface area contributed by atoms with E-state index in [1.54, 1.807) is 12.1 Å². The van der Waals surface area contributed by atoms with Gasteiger partial charge in [0, 0.05) is 17.1 Å². The third kappa shape index (κ3) is 3.43. The maximum atomic E-state index is 12.1. The Morgan fingerprint density at radius 1 is 1.37 bits per heavy atom. The topological polar surface area (TPSA) is 122 Å². The molecular weight excluding hydrogens is 348 g/mol. The fourth-order valence-corrected chi connectivity index (χ4v) is 2.72. The lowest BCUT2D eigenvalue weighted by Crippen LogP contribution is -2.26. The van der Waals surface area contributed by atoms with Crippen LogP contribution >= 0.6 is 0 Å². The average Bonchev–Trinajstić information content (AvgIpc) is 2.83. The van der Waals surface area contributed by atoms with E-state index in [0.29, 0.717) is 11.4 Å². The summed E-state index contributed by atoms with van der Waals surface area (Å²) in [4.78, 5) is 31.0. The molecule has 9 nitrogen and oxygen atoms in total. The van der Waals surface area contributed by atoms with E-state index in [2.05, 4.69) is 25.9 Å². The molecule has 3 rings (SSSR count). The summed E-state index contributed by atoms with van der Waals surface area (Å²) >= 11 is 0. The summed E-state index contributed by atoms with van der Waals surface area (Å²) in [6.07, 6.45) is 2.99. The van der Waals surface area contributed by atoms with Crippen molar-refractivity contribution in [2.45, 2.75) is 33.1 Å². The van der Waals surface area contributed by atoms with Crippen LogP contribution in [-0.4, -0.2) is 20.8 Å². The summed E-state index contributed by atoms with van der Waals surface area (Å²) < 4.78 is 0. The first kappa shape index (κ1) is 18.3. The second-order valence-electron chi connectivity index (χ2n) is 6.75. The van der Waals surface area contributed by atoms with E-state index in [0.717, 1.165) is 17.5 Å². The van der Waals surface area contributed by atoms with Crippen LogP contribution in [0.2, 0.25) is 0 Å². The molecule has 0 unspecified atom stereocenters. The number of hydrogen-bond acceptors (Lipinski definition) is 7. The van der Waals surface area contributed by atoms with Gasteiger partial charge in [0.15, 0.2) is 0 Å². The second kappa shape index (κ2) is 6.67. The van der Waals surface area contributed by atoms with Crippen LogP contribution in [-0.2, 0) is 10.2 Å². The molecule has 0 saturated heterocycles. The van der Waals surface area contributed by atoms with Crippen molar-refractivity contribution in [3.05, 3.63) is 51.8 Å². The summed E-state index contributed by atoms with van der Waals surface area (Å²) in [5, 5.41) is 20.1. The van der Waals surface area contributed by atoms with Gasteiger partial charge in [-0.25, -0.2) is 4.98 Å². The van der Waals surface area contributed by atoms with Crippen molar-refractivity contribution in [1.29, 1.82) is 0 Å². The molecule has 2 heterocycles. The highest BCUT2D eigenvalue weighted by molar-refractivity contribution is 6.06. The molecule has 0 atom stereocenters. The molecule has 1 amide bonds. The molecule has 3 N–H and O–H groups in total. The number of anilines is 4. The normalized spacial score (nSPS) is 15.1. The van der Waals surface area contributed by atoms with E-state index in [4.69, 9.17) is 0 Å². The molecule has 0 spiro atoms. The minimum absolute atomic E-state index is 0.0601. The standard InChI is InChI=1S/C18H20N6O3/c1-5-10(2)20-17-19-9-14(24(26)27)15(23-17)21-11-6-7-12-13(8-11)22-16(25)18(12,3)4/h5-9H,1-4H3,(H,22,25)(H2,19,20,21,23)/b10-5+. The van der Waals surface area contributed by atoms with E-state index < -0.39 is 10.3 Å². The van der Waals surface area contributed by atoms with Crippen LogP contribution in [0.4, 0.5) is 28.8 Å². The van der Waals surface area contributed by atoms with Crippen LogP contribution in [0.1, 0.15) is 33.3 Å². The van der Waals surface area contributed by atoms with E-state index in [1.807, 2.05) is 39.8 Å². The third-order valence-electron chi connectivity index (χ3n) is 4.48. The van der Waals surface area contributed by atoms with Gasteiger partial charge in [-0.3, -0.25) is 14.9 Å². The maximum absolute atomic E-state index is 12.1. The zero-order chi connectivity index (χ0) is 19.8. The van der Waals surface area contributed by atoms with Gasteiger partial charge in [0.1, 0.15) is 6.20 Å². The Morgan fingerprint density at radius 3 is 2.78 bits per heavy atom.